The molecule has 0 aliphatic carbocycles. The van der Waals surface area contributed by atoms with Crippen LogP contribution in [0.4, 0.5) is 5.13 Å². The molecule has 0 spiro atoms. The summed E-state index contributed by atoms with van der Waals surface area (Å²) in [7, 11) is 3.37. The summed E-state index contributed by atoms with van der Waals surface area (Å²) in [6.07, 6.45) is 0. The summed E-state index contributed by atoms with van der Waals surface area (Å²) < 4.78 is 27.9. The van der Waals surface area contributed by atoms with Gasteiger partial charge in [0.05, 0.1) is 46.3 Å². The molecule has 0 aliphatic rings. The lowest BCUT2D eigenvalue weighted by Gasteiger charge is -2.22. The Morgan fingerprint density at radius 2 is 1.29 bits per heavy atom. The Balaban J connectivity index is 1.28. The normalized spacial score (nSPS) is 10.8. The maximum Gasteiger partial charge on any atom is 0.186 e. The van der Waals surface area contributed by atoms with Gasteiger partial charge in [0.15, 0.2) is 5.13 Å². The average molecular weight is 535 g/mol. The Hall–Kier alpha value is -3.59. The van der Waals surface area contributed by atoms with E-state index in [1.807, 2.05) is 60.0 Å². The molecule has 0 saturated carbocycles. The van der Waals surface area contributed by atoms with Gasteiger partial charge in [-0.2, -0.15) is 0 Å². The molecule has 3 aromatic carbocycles. The van der Waals surface area contributed by atoms with Crippen molar-refractivity contribution in [2.24, 2.45) is 0 Å². The van der Waals surface area contributed by atoms with Gasteiger partial charge in [-0.1, -0.05) is 42.5 Å². The third-order valence-corrected chi connectivity index (χ3v) is 6.64. The van der Waals surface area contributed by atoms with Crippen LogP contribution in [0.3, 0.4) is 0 Å². The number of aromatic nitrogens is 1. The van der Waals surface area contributed by atoms with Gasteiger partial charge in [0.1, 0.15) is 23.9 Å². The molecular weight excluding hydrogens is 500 g/mol. The van der Waals surface area contributed by atoms with Gasteiger partial charge >= 0.3 is 0 Å². The fraction of sp³-hybridized carbons (Fsp3) is 0.300. The minimum Gasteiger partial charge on any atom is -0.497 e. The van der Waals surface area contributed by atoms with E-state index in [-0.39, 0.29) is 0 Å². The standard InChI is InChI=1S/C30H34N2O5S/c1-33-28-12-6-8-24(18-28)20-32(21-25-9-7-13-29(19-25)34-2)30-31-26(23-38-30)22-36-15-14-35-16-17-37-27-10-4-3-5-11-27/h3-13,18-19,23H,14-17,20-22H2,1-2H3. The van der Waals surface area contributed by atoms with Crippen molar-refractivity contribution < 1.29 is 23.7 Å². The van der Waals surface area contributed by atoms with E-state index >= 15 is 0 Å². The minimum absolute atomic E-state index is 0.437. The largest absolute Gasteiger partial charge is 0.497 e. The zero-order chi connectivity index (χ0) is 26.4. The monoisotopic (exact) mass is 534 g/mol. The Labute approximate surface area is 228 Å². The smallest absolute Gasteiger partial charge is 0.186 e. The van der Waals surface area contributed by atoms with Crippen LogP contribution in [0, 0.1) is 0 Å². The van der Waals surface area contributed by atoms with Crippen LogP contribution in [0.2, 0.25) is 0 Å². The van der Waals surface area contributed by atoms with Gasteiger partial charge in [0, 0.05) is 18.5 Å². The van der Waals surface area contributed by atoms with Crippen LogP contribution in [0.15, 0.2) is 84.2 Å². The molecule has 0 aliphatic heterocycles. The molecule has 8 heteroatoms. The van der Waals surface area contributed by atoms with Crippen LogP contribution in [0.5, 0.6) is 17.2 Å². The van der Waals surface area contributed by atoms with Crippen LogP contribution in [0.25, 0.3) is 0 Å². The number of para-hydroxylation sites is 1. The zero-order valence-electron chi connectivity index (χ0n) is 21.9. The number of nitrogens with zero attached hydrogens (tertiary/aromatic N) is 2. The quantitative estimate of drug-likeness (QED) is 0.164. The molecule has 0 N–H and O–H groups in total. The average Bonchev–Trinajstić information content (AvgIpc) is 3.44. The Morgan fingerprint density at radius 1 is 0.684 bits per heavy atom. The third kappa shape index (κ3) is 8.76. The highest BCUT2D eigenvalue weighted by Gasteiger charge is 2.14. The van der Waals surface area contributed by atoms with Gasteiger partial charge in [0.25, 0.3) is 0 Å². The predicted molar refractivity (Wildman–Crippen MR) is 150 cm³/mol. The molecule has 7 nitrogen and oxygen atoms in total. The molecule has 1 aromatic heterocycles. The fourth-order valence-corrected chi connectivity index (χ4v) is 4.62. The number of hydrogen-bond acceptors (Lipinski definition) is 8. The number of benzene rings is 3. The molecule has 38 heavy (non-hydrogen) atoms. The van der Waals surface area contributed by atoms with Crippen LogP contribution >= 0.6 is 11.3 Å². The molecule has 0 atom stereocenters. The molecule has 4 aromatic rings. The molecular formula is C30H34N2O5S. The fourth-order valence-electron chi connectivity index (χ4n) is 3.81. The van der Waals surface area contributed by atoms with Crippen molar-refractivity contribution in [3.05, 3.63) is 101 Å². The molecule has 0 amide bonds. The highest BCUT2D eigenvalue weighted by Crippen LogP contribution is 2.27. The van der Waals surface area contributed by atoms with E-state index in [0.717, 1.165) is 39.2 Å². The van der Waals surface area contributed by atoms with Crippen LogP contribution < -0.4 is 19.1 Å². The van der Waals surface area contributed by atoms with Gasteiger partial charge in [-0.3, -0.25) is 0 Å². The second-order valence-corrected chi connectivity index (χ2v) is 9.34. The van der Waals surface area contributed by atoms with Crippen LogP contribution in [0.1, 0.15) is 16.8 Å². The number of hydrogen-bond donors (Lipinski definition) is 0. The SMILES string of the molecule is COc1cccc(CN(Cc2cccc(OC)c2)c2nc(COCCOCCOc3ccccc3)cs2)c1. The predicted octanol–water partition coefficient (Wildman–Crippen LogP) is 5.98. The number of thiazole rings is 1. The Morgan fingerprint density at radius 3 is 1.95 bits per heavy atom. The number of ether oxygens (including phenoxy) is 5. The lowest BCUT2D eigenvalue weighted by Crippen LogP contribution is -2.22. The van der Waals surface area contributed by atoms with Crippen molar-refractivity contribution in [1.82, 2.24) is 4.98 Å². The van der Waals surface area contributed by atoms with Gasteiger partial charge < -0.3 is 28.6 Å². The summed E-state index contributed by atoms with van der Waals surface area (Å²) in [5.41, 5.74) is 3.20. The van der Waals surface area contributed by atoms with Crippen molar-refractivity contribution in [2.75, 3.05) is 45.5 Å². The summed E-state index contributed by atoms with van der Waals surface area (Å²) in [6, 6.07) is 26.0. The topological polar surface area (TPSA) is 62.3 Å². The summed E-state index contributed by atoms with van der Waals surface area (Å²) >= 11 is 1.61. The van der Waals surface area contributed by atoms with E-state index in [1.165, 1.54) is 0 Å². The molecule has 0 unspecified atom stereocenters. The van der Waals surface area contributed by atoms with Crippen molar-refractivity contribution in [3.8, 4) is 17.2 Å². The molecule has 0 saturated heterocycles. The lowest BCUT2D eigenvalue weighted by molar-refractivity contribution is 0.0296. The zero-order valence-corrected chi connectivity index (χ0v) is 22.7. The molecule has 200 valence electrons. The molecule has 1 heterocycles. The highest BCUT2D eigenvalue weighted by atomic mass is 32.1. The van der Waals surface area contributed by atoms with E-state index in [1.54, 1.807) is 25.6 Å². The first kappa shape index (κ1) is 27.4. The summed E-state index contributed by atoms with van der Waals surface area (Å²) in [4.78, 5) is 7.12. The second kappa shape index (κ2) is 15.0. The van der Waals surface area contributed by atoms with Gasteiger partial charge in [0.2, 0.25) is 0 Å². The highest BCUT2D eigenvalue weighted by molar-refractivity contribution is 7.13. The molecule has 0 bridgehead atoms. The maximum absolute atomic E-state index is 5.80. The van der Waals surface area contributed by atoms with Gasteiger partial charge in [-0.15, -0.1) is 11.3 Å². The number of rotatable bonds is 16. The van der Waals surface area contributed by atoms with E-state index in [2.05, 4.69) is 29.2 Å². The minimum atomic E-state index is 0.437. The second-order valence-electron chi connectivity index (χ2n) is 8.51. The van der Waals surface area contributed by atoms with Crippen LogP contribution in [-0.4, -0.2) is 45.6 Å². The number of anilines is 1. The van der Waals surface area contributed by atoms with E-state index in [9.17, 15) is 0 Å². The summed E-state index contributed by atoms with van der Waals surface area (Å²) in [6.45, 7) is 3.86. The summed E-state index contributed by atoms with van der Waals surface area (Å²) in [5, 5.41) is 2.98. The van der Waals surface area contributed by atoms with Crippen LogP contribution in [-0.2, 0) is 29.2 Å². The lowest BCUT2D eigenvalue weighted by atomic mass is 10.1. The van der Waals surface area contributed by atoms with Crippen molar-refractivity contribution in [2.45, 2.75) is 19.7 Å². The van der Waals surface area contributed by atoms with E-state index in [0.29, 0.717) is 46.1 Å². The van der Waals surface area contributed by atoms with Gasteiger partial charge in [-0.25, -0.2) is 4.98 Å². The molecule has 0 radical (unpaired) electrons. The first-order valence-electron chi connectivity index (χ1n) is 12.5. The number of methoxy groups -OCH3 is 2. The first-order valence-corrected chi connectivity index (χ1v) is 13.4. The Bertz CT molecular complexity index is 1180. The molecule has 0 fully saturated rings. The summed E-state index contributed by atoms with van der Waals surface area (Å²) in [5.74, 6) is 2.52. The van der Waals surface area contributed by atoms with E-state index < -0.39 is 0 Å². The maximum atomic E-state index is 5.80. The molecule has 4 rings (SSSR count). The Kier molecular flexibility index (Phi) is 10.8. The van der Waals surface area contributed by atoms with Crippen molar-refractivity contribution >= 4 is 16.5 Å². The van der Waals surface area contributed by atoms with E-state index in [4.69, 9.17) is 28.7 Å². The third-order valence-electron chi connectivity index (χ3n) is 5.69. The van der Waals surface area contributed by atoms with Crippen molar-refractivity contribution in [1.29, 1.82) is 0 Å². The first-order chi connectivity index (χ1) is 18.7. The van der Waals surface area contributed by atoms with Gasteiger partial charge in [-0.05, 0) is 47.5 Å². The van der Waals surface area contributed by atoms with Crippen molar-refractivity contribution in [3.63, 3.8) is 0 Å².